The van der Waals surface area contributed by atoms with Crippen LogP contribution < -0.4 is 5.32 Å². The number of hydrogen-bond acceptors (Lipinski definition) is 6. The van der Waals surface area contributed by atoms with Crippen LogP contribution in [0.5, 0.6) is 0 Å². The summed E-state index contributed by atoms with van der Waals surface area (Å²) < 4.78 is 2.91. The molecule has 0 radical (unpaired) electrons. The molecule has 3 aromatic heterocycles. The minimum absolute atomic E-state index is 0.112. The Morgan fingerprint density at radius 3 is 2.82 bits per heavy atom. The van der Waals surface area contributed by atoms with E-state index in [1.54, 1.807) is 23.1 Å². The Kier molecular flexibility index (Phi) is 5.93. The molecule has 0 atom stereocenters. The van der Waals surface area contributed by atoms with Gasteiger partial charge in [-0.25, -0.2) is 14.6 Å². The summed E-state index contributed by atoms with van der Waals surface area (Å²) in [4.78, 5) is 22.9. The molecule has 0 spiro atoms. The second kappa shape index (κ2) is 9.17. The minimum atomic E-state index is -0.112. The average Bonchev–Trinajstić information content (AvgIpc) is 3.45. The number of anilines is 1. The van der Waals surface area contributed by atoms with E-state index in [-0.39, 0.29) is 12.3 Å². The van der Waals surface area contributed by atoms with Crippen LogP contribution in [0.2, 0.25) is 0 Å². The van der Waals surface area contributed by atoms with Gasteiger partial charge in [-0.2, -0.15) is 5.10 Å². The fourth-order valence-corrected chi connectivity index (χ4v) is 4.80. The van der Waals surface area contributed by atoms with E-state index < -0.39 is 0 Å². The Labute approximate surface area is 199 Å². The van der Waals surface area contributed by atoms with Crippen molar-refractivity contribution in [1.29, 1.82) is 0 Å². The van der Waals surface area contributed by atoms with Gasteiger partial charge in [0.25, 0.3) is 0 Å². The largest absolute Gasteiger partial charge is 0.326 e. The summed E-state index contributed by atoms with van der Waals surface area (Å²) in [5, 5.41) is 7.74. The van der Waals surface area contributed by atoms with E-state index >= 15 is 0 Å². The van der Waals surface area contributed by atoms with Crippen molar-refractivity contribution in [3.8, 4) is 17.1 Å². The molecule has 0 aliphatic carbocycles. The predicted octanol–water partition coefficient (Wildman–Crippen LogP) is 5.76. The Morgan fingerprint density at radius 1 is 1.09 bits per heavy atom. The van der Waals surface area contributed by atoms with E-state index in [1.807, 2.05) is 84.0 Å². The Bertz CT molecular complexity index is 1460. The van der Waals surface area contributed by atoms with Crippen molar-refractivity contribution in [2.24, 2.45) is 0 Å². The standard InChI is InChI=1S/C25H21N5OS2/c1-16-5-3-8-24(27-16)30-22(17-9-10-21-23(11-17)33-15-26-21)13-19(29-30)14-25(31)28-18-6-4-7-20(12-18)32-2/h3-13,15H,14H2,1-2H3,(H,28,31). The number of fused-ring (bicyclic) bond motifs is 1. The van der Waals surface area contributed by atoms with Crippen LogP contribution in [-0.4, -0.2) is 31.9 Å². The Balaban J connectivity index is 1.49. The van der Waals surface area contributed by atoms with Crippen molar-refractivity contribution in [2.45, 2.75) is 18.2 Å². The van der Waals surface area contributed by atoms with Crippen molar-refractivity contribution < 1.29 is 4.79 Å². The van der Waals surface area contributed by atoms with Gasteiger partial charge in [0.2, 0.25) is 5.91 Å². The molecule has 6 nitrogen and oxygen atoms in total. The van der Waals surface area contributed by atoms with Crippen molar-refractivity contribution in [3.05, 3.63) is 83.6 Å². The zero-order valence-corrected chi connectivity index (χ0v) is 19.8. The van der Waals surface area contributed by atoms with E-state index in [2.05, 4.69) is 21.4 Å². The number of nitrogens with zero attached hydrogens (tertiary/aromatic N) is 4. The van der Waals surface area contributed by atoms with Crippen LogP contribution >= 0.6 is 23.1 Å². The number of thiazole rings is 1. The first-order chi connectivity index (χ1) is 16.1. The smallest absolute Gasteiger partial charge is 0.230 e. The second-order valence-electron chi connectivity index (χ2n) is 7.56. The van der Waals surface area contributed by atoms with Gasteiger partial charge in [-0.3, -0.25) is 4.79 Å². The van der Waals surface area contributed by atoms with Gasteiger partial charge in [0.1, 0.15) is 0 Å². The Hall–Kier alpha value is -3.49. The summed E-state index contributed by atoms with van der Waals surface area (Å²) >= 11 is 3.24. The fraction of sp³-hybridized carbons (Fsp3) is 0.120. The molecule has 5 aromatic rings. The number of hydrogen-bond donors (Lipinski definition) is 1. The molecule has 0 aliphatic rings. The SMILES string of the molecule is CSc1cccc(NC(=O)Cc2cc(-c3ccc4ncsc4c3)n(-c3cccc(C)n3)n2)c1. The number of amides is 1. The quantitative estimate of drug-likeness (QED) is 0.319. The van der Waals surface area contributed by atoms with Crippen LogP contribution in [0, 0.1) is 6.92 Å². The summed E-state index contributed by atoms with van der Waals surface area (Å²) in [6.07, 6.45) is 2.18. The third-order valence-corrected chi connectivity index (χ3v) is 6.69. The van der Waals surface area contributed by atoms with Crippen LogP contribution in [0.1, 0.15) is 11.4 Å². The van der Waals surface area contributed by atoms with Crippen molar-refractivity contribution in [3.63, 3.8) is 0 Å². The van der Waals surface area contributed by atoms with E-state index in [1.165, 1.54) is 0 Å². The molecule has 0 aliphatic heterocycles. The summed E-state index contributed by atoms with van der Waals surface area (Å²) in [6.45, 7) is 1.95. The maximum Gasteiger partial charge on any atom is 0.230 e. The first-order valence-corrected chi connectivity index (χ1v) is 12.5. The summed E-state index contributed by atoms with van der Waals surface area (Å²) in [6, 6.07) is 21.8. The molecular formula is C25H21N5OS2. The van der Waals surface area contributed by atoms with Crippen molar-refractivity contribution in [2.75, 3.05) is 11.6 Å². The Morgan fingerprint density at radius 2 is 1.97 bits per heavy atom. The number of thioether (sulfide) groups is 1. The zero-order valence-electron chi connectivity index (χ0n) is 18.1. The number of aromatic nitrogens is 4. The van der Waals surface area contributed by atoms with E-state index in [9.17, 15) is 4.79 Å². The second-order valence-corrected chi connectivity index (χ2v) is 9.33. The molecule has 5 rings (SSSR count). The predicted molar refractivity (Wildman–Crippen MR) is 135 cm³/mol. The lowest BCUT2D eigenvalue weighted by Crippen LogP contribution is -2.15. The van der Waals surface area contributed by atoms with Crippen LogP contribution in [0.4, 0.5) is 5.69 Å². The van der Waals surface area contributed by atoms with Crippen LogP contribution in [0.25, 0.3) is 27.3 Å². The highest BCUT2D eigenvalue weighted by atomic mass is 32.2. The van der Waals surface area contributed by atoms with E-state index in [0.29, 0.717) is 11.5 Å². The summed E-state index contributed by atoms with van der Waals surface area (Å²) in [7, 11) is 0. The van der Waals surface area contributed by atoms with E-state index in [0.717, 1.165) is 37.8 Å². The lowest BCUT2D eigenvalue weighted by molar-refractivity contribution is -0.115. The lowest BCUT2D eigenvalue weighted by Gasteiger charge is -2.07. The highest BCUT2D eigenvalue weighted by Crippen LogP contribution is 2.29. The monoisotopic (exact) mass is 471 g/mol. The molecule has 0 saturated carbocycles. The maximum absolute atomic E-state index is 12.8. The number of carbonyl (C=O) groups excluding carboxylic acids is 1. The maximum atomic E-state index is 12.8. The van der Waals surface area contributed by atoms with Crippen LogP contribution in [0.3, 0.4) is 0 Å². The topological polar surface area (TPSA) is 72.7 Å². The molecule has 0 bridgehead atoms. The van der Waals surface area contributed by atoms with Gasteiger partial charge in [-0.15, -0.1) is 23.1 Å². The van der Waals surface area contributed by atoms with Gasteiger partial charge in [0.15, 0.2) is 5.82 Å². The summed E-state index contributed by atoms with van der Waals surface area (Å²) in [5.74, 6) is 0.605. The van der Waals surface area contributed by atoms with Crippen LogP contribution in [0.15, 0.2) is 77.1 Å². The highest BCUT2D eigenvalue weighted by molar-refractivity contribution is 7.98. The van der Waals surface area contributed by atoms with Crippen molar-refractivity contribution in [1.82, 2.24) is 19.7 Å². The normalized spacial score (nSPS) is 11.1. The van der Waals surface area contributed by atoms with Gasteiger partial charge >= 0.3 is 0 Å². The fourth-order valence-electron chi connectivity index (χ4n) is 3.63. The third-order valence-electron chi connectivity index (χ3n) is 5.17. The molecule has 3 heterocycles. The van der Waals surface area contributed by atoms with Gasteiger partial charge in [-0.1, -0.05) is 18.2 Å². The lowest BCUT2D eigenvalue weighted by atomic mass is 10.1. The third kappa shape index (κ3) is 4.67. The number of aryl methyl sites for hydroxylation is 1. The molecule has 0 unspecified atom stereocenters. The molecule has 0 fully saturated rings. The number of benzene rings is 2. The number of carbonyl (C=O) groups is 1. The van der Waals surface area contributed by atoms with Crippen LogP contribution in [-0.2, 0) is 11.2 Å². The summed E-state index contributed by atoms with van der Waals surface area (Å²) in [5.41, 5.74) is 7.06. The van der Waals surface area contributed by atoms with Crippen molar-refractivity contribution >= 4 is 44.9 Å². The molecule has 1 amide bonds. The zero-order chi connectivity index (χ0) is 22.8. The molecule has 0 saturated heterocycles. The first-order valence-electron chi connectivity index (χ1n) is 10.4. The molecule has 33 heavy (non-hydrogen) atoms. The average molecular weight is 472 g/mol. The minimum Gasteiger partial charge on any atom is -0.326 e. The molecule has 2 aromatic carbocycles. The number of rotatable bonds is 6. The van der Waals surface area contributed by atoms with Gasteiger partial charge in [0, 0.05) is 21.8 Å². The molecule has 1 N–H and O–H groups in total. The van der Waals surface area contributed by atoms with Gasteiger partial charge < -0.3 is 5.32 Å². The molecule has 8 heteroatoms. The van der Waals surface area contributed by atoms with E-state index in [4.69, 9.17) is 5.10 Å². The van der Waals surface area contributed by atoms with Gasteiger partial charge in [-0.05, 0) is 61.7 Å². The first kappa shape index (κ1) is 21.4. The number of nitrogens with one attached hydrogen (secondary N) is 1. The van der Waals surface area contributed by atoms with Gasteiger partial charge in [0.05, 0.1) is 33.5 Å². The number of pyridine rings is 1. The molecule has 164 valence electrons. The highest BCUT2D eigenvalue weighted by Gasteiger charge is 2.16. The molecular weight excluding hydrogens is 450 g/mol.